The van der Waals surface area contributed by atoms with Crippen molar-refractivity contribution in [3.8, 4) is 0 Å². The lowest BCUT2D eigenvalue weighted by Crippen LogP contribution is -2.49. The van der Waals surface area contributed by atoms with Crippen LogP contribution in [0.15, 0.2) is 0 Å². The number of likely N-dealkylation sites (tertiary alicyclic amines) is 1. The maximum absolute atomic E-state index is 12.9. The maximum Gasteiger partial charge on any atom is 0.171 e. The lowest BCUT2D eigenvalue weighted by atomic mass is 10.1. The molecule has 1 rings (SSSR count). The van der Waals surface area contributed by atoms with Gasteiger partial charge in [0, 0.05) is 6.54 Å². The van der Waals surface area contributed by atoms with Crippen molar-refractivity contribution in [2.75, 3.05) is 20.1 Å². The summed E-state index contributed by atoms with van der Waals surface area (Å²) in [7, 11) is 1.89. The largest absolute Gasteiger partial charge is 0.302 e. The van der Waals surface area contributed by atoms with E-state index in [4.69, 9.17) is 5.73 Å². The second-order valence-corrected chi connectivity index (χ2v) is 2.88. The van der Waals surface area contributed by atoms with Gasteiger partial charge in [0.1, 0.15) is 0 Å². The standard InChI is InChI=1S/C6H13FN2/c1-9-4-2-3-6(7,8)5-9/h2-5,8H2,1H3. The summed E-state index contributed by atoms with van der Waals surface area (Å²) < 4.78 is 12.9. The second-order valence-electron chi connectivity index (χ2n) is 2.88. The predicted octanol–water partition coefficient (Wildman–Crippen LogP) is 0.336. The fourth-order valence-corrected chi connectivity index (χ4v) is 1.25. The Bertz CT molecular complexity index is 103. The van der Waals surface area contributed by atoms with E-state index < -0.39 is 5.79 Å². The molecule has 0 amide bonds. The molecule has 9 heavy (non-hydrogen) atoms. The van der Waals surface area contributed by atoms with Crippen LogP contribution in [0.5, 0.6) is 0 Å². The van der Waals surface area contributed by atoms with E-state index in [-0.39, 0.29) is 0 Å². The fraction of sp³-hybridized carbons (Fsp3) is 1.00. The third kappa shape index (κ3) is 1.91. The van der Waals surface area contributed by atoms with Crippen LogP contribution in [0, 0.1) is 0 Å². The van der Waals surface area contributed by atoms with Crippen LogP contribution < -0.4 is 5.73 Å². The number of likely N-dealkylation sites (N-methyl/N-ethyl adjacent to an activating group) is 1. The molecule has 1 fully saturated rings. The van der Waals surface area contributed by atoms with Crippen LogP contribution in [0.3, 0.4) is 0 Å². The Balaban J connectivity index is 2.41. The third-order valence-electron chi connectivity index (χ3n) is 1.66. The van der Waals surface area contributed by atoms with Gasteiger partial charge in [-0.2, -0.15) is 0 Å². The third-order valence-corrected chi connectivity index (χ3v) is 1.66. The molecule has 0 aromatic carbocycles. The highest BCUT2D eigenvalue weighted by Gasteiger charge is 2.28. The molecule has 1 heterocycles. The molecule has 2 N–H and O–H groups in total. The van der Waals surface area contributed by atoms with Crippen molar-refractivity contribution in [1.29, 1.82) is 0 Å². The molecule has 1 aliphatic heterocycles. The van der Waals surface area contributed by atoms with Crippen molar-refractivity contribution in [2.45, 2.75) is 18.6 Å². The maximum atomic E-state index is 12.9. The number of nitrogens with two attached hydrogens (primary N) is 1. The quantitative estimate of drug-likeness (QED) is 0.481. The molecule has 1 saturated heterocycles. The summed E-state index contributed by atoms with van der Waals surface area (Å²) in [5.74, 6) is -1.42. The van der Waals surface area contributed by atoms with Gasteiger partial charge in [-0.1, -0.05) is 0 Å². The van der Waals surface area contributed by atoms with Crippen LogP contribution in [0.2, 0.25) is 0 Å². The van der Waals surface area contributed by atoms with Gasteiger partial charge in [-0.15, -0.1) is 0 Å². The summed E-state index contributed by atoms with van der Waals surface area (Å²) in [6.07, 6.45) is 1.39. The van der Waals surface area contributed by atoms with E-state index in [0.717, 1.165) is 13.0 Å². The number of piperidine rings is 1. The Morgan fingerprint density at radius 1 is 1.67 bits per heavy atom. The predicted molar refractivity (Wildman–Crippen MR) is 34.8 cm³/mol. The van der Waals surface area contributed by atoms with Gasteiger partial charge in [0.2, 0.25) is 0 Å². The Labute approximate surface area is 54.8 Å². The van der Waals surface area contributed by atoms with Crippen molar-refractivity contribution in [3.05, 3.63) is 0 Å². The first-order valence-corrected chi connectivity index (χ1v) is 3.26. The average molecular weight is 132 g/mol. The smallest absolute Gasteiger partial charge is 0.171 e. The Hall–Kier alpha value is -0.150. The van der Waals surface area contributed by atoms with Crippen LogP contribution in [0.4, 0.5) is 4.39 Å². The molecule has 0 bridgehead atoms. The van der Waals surface area contributed by atoms with Gasteiger partial charge in [0.15, 0.2) is 5.79 Å². The molecular formula is C6H13FN2. The molecule has 0 saturated carbocycles. The van der Waals surface area contributed by atoms with Gasteiger partial charge in [-0.3, -0.25) is 5.73 Å². The number of hydrogen-bond donors (Lipinski definition) is 1. The molecule has 0 aromatic heterocycles. The summed E-state index contributed by atoms with van der Waals surface area (Å²) in [5.41, 5.74) is 5.26. The molecule has 0 radical (unpaired) electrons. The molecule has 0 aliphatic carbocycles. The highest BCUT2D eigenvalue weighted by molar-refractivity contribution is 4.79. The summed E-state index contributed by atoms with van der Waals surface area (Å²) in [6.45, 7) is 1.36. The zero-order chi connectivity index (χ0) is 6.91. The number of hydrogen-bond acceptors (Lipinski definition) is 2. The van der Waals surface area contributed by atoms with Crippen LogP contribution in [-0.4, -0.2) is 30.8 Å². The summed E-state index contributed by atoms with van der Waals surface area (Å²) in [6, 6.07) is 0. The Morgan fingerprint density at radius 3 is 2.67 bits per heavy atom. The molecule has 3 heteroatoms. The van der Waals surface area contributed by atoms with Gasteiger partial charge in [-0.05, 0) is 26.4 Å². The van der Waals surface area contributed by atoms with Crippen LogP contribution in [-0.2, 0) is 0 Å². The fourth-order valence-electron chi connectivity index (χ4n) is 1.25. The molecular weight excluding hydrogens is 119 g/mol. The van der Waals surface area contributed by atoms with Crippen molar-refractivity contribution < 1.29 is 4.39 Å². The van der Waals surface area contributed by atoms with E-state index in [2.05, 4.69) is 0 Å². The normalized spacial score (nSPS) is 39.0. The van der Waals surface area contributed by atoms with Gasteiger partial charge in [0.05, 0.1) is 0 Å². The van der Waals surface area contributed by atoms with E-state index in [1.54, 1.807) is 0 Å². The van der Waals surface area contributed by atoms with Crippen LogP contribution in [0.25, 0.3) is 0 Å². The zero-order valence-corrected chi connectivity index (χ0v) is 5.73. The first-order valence-electron chi connectivity index (χ1n) is 3.26. The van der Waals surface area contributed by atoms with E-state index in [0.29, 0.717) is 13.0 Å². The molecule has 0 spiro atoms. The SMILES string of the molecule is CN1CCCC(N)(F)C1. The molecule has 1 aliphatic rings. The van der Waals surface area contributed by atoms with E-state index in [1.807, 2.05) is 11.9 Å². The molecule has 54 valence electrons. The highest BCUT2D eigenvalue weighted by Crippen LogP contribution is 2.17. The van der Waals surface area contributed by atoms with E-state index >= 15 is 0 Å². The number of halogens is 1. The van der Waals surface area contributed by atoms with Crippen molar-refractivity contribution in [2.24, 2.45) is 5.73 Å². The number of alkyl halides is 1. The number of nitrogens with zero attached hydrogens (tertiary/aromatic N) is 1. The van der Waals surface area contributed by atoms with Crippen molar-refractivity contribution in [1.82, 2.24) is 4.90 Å². The zero-order valence-electron chi connectivity index (χ0n) is 5.73. The summed E-state index contributed by atoms with van der Waals surface area (Å²) in [5, 5.41) is 0. The van der Waals surface area contributed by atoms with E-state index in [1.165, 1.54) is 0 Å². The first-order chi connectivity index (χ1) is 4.10. The Morgan fingerprint density at radius 2 is 2.33 bits per heavy atom. The van der Waals surface area contributed by atoms with Gasteiger partial charge < -0.3 is 4.90 Å². The number of rotatable bonds is 0. The van der Waals surface area contributed by atoms with Gasteiger partial charge >= 0.3 is 0 Å². The monoisotopic (exact) mass is 132 g/mol. The molecule has 1 atom stereocenters. The summed E-state index contributed by atoms with van der Waals surface area (Å²) in [4.78, 5) is 1.92. The van der Waals surface area contributed by atoms with Crippen molar-refractivity contribution >= 4 is 0 Å². The van der Waals surface area contributed by atoms with Gasteiger partial charge in [0.25, 0.3) is 0 Å². The molecule has 2 nitrogen and oxygen atoms in total. The van der Waals surface area contributed by atoms with Crippen molar-refractivity contribution in [3.63, 3.8) is 0 Å². The minimum absolute atomic E-state index is 0.382. The van der Waals surface area contributed by atoms with Crippen LogP contribution >= 0.6 is 0 Å². The first kappa shape index (κ1) is 6.96. The minimum atomic E-state index is -1.42. The summed E-state index contributed by atoms with van der Waals surface area (Å²) >= 11 is 0. The lowest BCUT2D eigenvalue weighted by Gasteiger charge is -2.31. The van der Waals surface area contributed by atoms with Gasteiger partial charge in [-0.25, -0.2) is 4.39 Å². The molecule has 1 unspecified atom stereocenters. The molecule has 0 aromatic rings. The highest BCUT2D eigenvalue weighted by atomic mass is 19.1. The lowest BCUT2D eigenvalue weighted by molar-refractivity contribution is 0.0648. The topological polar surface area (TPSA) is 29.3 Å². The minimum Gasteiger partial charge on any atom is -0.302 e. The van der Waals surface area contributed by atoms with Crippen LogP contribution in [0.1, 0.15) is 12.8 Å². The average Bonchev–Trinajstić information content (AvgIpc) is 1.60. The Kier molecular flexibility index (Phi) is 1.73. The van der Waals surface area contributed by atoms with E-state index in [9.17, 15) is 4.39 Å². The second kappa shape index (κ2) is 2.23.